The number of hydrogen-bond donors (Lipinski definition) is 1. The smallest absolute Gasteiger partial charge is 0.307 e. The summed E-state index contributed by atoms with van der Waals surface area (Å²) in [6.45, 7) is 13.7. The third kappa shape index (κ3) is 9.41. The van der Waals surface area contributed by atoms with Gasteiger partial charge < -0.3 is 29.3 Å². The number of nitrogens with zero attached hydrogens (tertiary/aromatic N) is 4. The lowest BCUT2D eigenvalue weighted by molar-refractivity contribution is 0.0393. The van der Waals surface area contributed by atoms with E-state index in [-0.39, 0.29) is 23.6 Å². The van der Waals surface area contributed by atoms with E-state index in [0.29, 0.717) is 53.9 Å². The predicted molar refractivity (Wildman–Crippen MR) is 242 cm³/mol. The second kappa shape index (κ2) is 20.5. The van der Waals surface area contributed by atoms with Crippen molar-refractivity contribution in [2.24, 2.45) is 0 Å². The largest absolute Gasteiger partial charge is 0.456 e. The van der Waals surface area contributed by atoms with Gasteiger partial charge in [-0.1, -0.05) is 49.2 Å². The van der Waals surface area contributed by atoms with Crippen molar-refractivity contribution in [2.45, 2.75) is 72.1 Å². The van der Waals surface area contributed by atoms with Crippen molar-refractivity contribution < 1.29 is 32.2 Å². The van der Waals surface area contributed by atoms with Crippen molar-refractivity contribution in [1.29, 1.82) is 0 Å². The fraction of sp³-hybridized carbons (Fsp3) is 0.447. The number of fused-ring (bicyclic) bond motifs is 6. The molecule has 2 heterocycles. The lowest BCUT2D eigenvalue weighted by atomic mass is 9.75. The highest BCUT2D eigenvalue weighted by Crippen LogP contribution is 2.59. The minimum Gasteiger partial charge on any atom is -0.456 e. The summed E-state index contributed by atoms with van der Waals surface area (Å²) in [6.07, 6.45) is 4.31. The fourth-order valence-corrected chi connectivity index (χ4v) is 9.68. The van der Waals surface area contributed by atoms with Crippen LogP contribution in [0.4, 0.5) is 11.4 Å². The van der Waals surface area contributed by atoms with Gasteiger partial charge in [0.25, 0.3) is 11.8 Å². The van der Waals surface area contributed by atoms with Gasteiger partial charge in [-0.3, -0.25) is 9.59 Å². The lowest BCUT2D eigenvalue weighted by Crippen LogP contribution is -2.53. The fourth-order valence-electron chi connectivity index (χ4n) is 8.22. The van der Waals surface area contributed by atoms with E-state index in [1.54, 1.807) is 18.2 Å². The van der Waals surface area contributed by atoms with Gasteiger partial charge in [-0.2, -0.15) is 12.7 Å². The Hall–Kier alpha value is -4.66. The summed E-state index contributed by atoms with van der Waals surface area (Å²) in [5.74, 6) is 0.496. The molecule has 2 aliphatic rings. The third-order valence-electron chi connectivity index (χ3n) is 11.6. The minimum absolute atomic E-state index is 0.184. The maximum atomic E-state index is 14.7. The number of nitrogens with one attached hydrogen (secondary N) is 1. The van der Waals surface area contributed by atoms with E-state index in [9.17, 15) is 18.0 Å². The van der Waals surface area contributed by atoms with Gasteiger partial charge in [0.1, 0.15) is 17.0 Å². The Morgan fingerprint density at radius 2 is 1.30 bits per heavy atom. The second-order valence-electron chi connectivity index (χ2n) is 15.4. The molecule has 12 nitrogen and oxygen atoms in total. The van der Waals surface area contributed by atoms with Crippen LogP contribution in [0.5, 0.6) is 11.5 Å². The van der Waals surface area contributed by atoms with Crippen LogP contribution in [-0.2, 0) is 38.4 Å². The van der Waals surface area contributed by atoms with Crippen molar-refractivity contribution in [2.75, 3.05) is 75.8 Å². The average Bonchev–Trinajstić information content (AvgIpc) is 3.52. The molecule has 6 rings (SSSR count). The molecule has 0 atom stereocenters. The molecule has 0 unspecified atom stereocenters. The van der Waals surface area contributed by atoms with E-state index in [1.807, 2.05) is 60.7 Å². The van der Waals surface area contributed by atoms with E-state index in [2.05, 4.69) is 42.8 Å². The molecular formula is C47H60ClN5O7S. The first-order valence-corrected chi connectivity index (χ1v) is 23.3. The van der Waals surface area contributed by atoms with Gasteiger partial charge >= 0.3 is 10.2 Å². The number of alkyl halides is 1. The van der Waals surface area contributed by atoms with Crippen molar-refractivity contribution in [3.8, 4) is 11.5 Å². The van der Waals surface area contributed by atoms with Crippen molar-refractivity contribution in [3.63, 3.8) is 0 Å². The molecule has 0 aromatic heterocycles. The molecule has 0 aliphatic carbocycles. The molecule has 2 amide bonds. The number of carbonyl (C=O) groups is 2. The summed E-state index contributed by atoms with van der Waals surface area (Å²) in [7, 11) is -1.61. The maximum Gasteiger partial charge on any atom is 0.307 e. The molecule has 0 saturated heterocycles. The van der Waals surface area contributed by atoms with Gasteiger partial charge in [0.05, 0.1) is 19.8 Å². The van der Waals surface area contributed by atoms with Crippen LogP contribution < -0.4 is 19.9 Å². The Labute approximate surface area is 366 Å². The number of rotatable bonds is 22. The zero-order valence-corrected chi connectivity index (χ0v) is 37.9. The molecule has 0 bridgehead atoms. The predicted octanol–water partition coefficient (Wildman–Crippen LogP) is 8.30. The third-order valence-corrected chi connectivity index (χ3v) is 13.7. The van der Waals surface area contributed by atoms with E-state index in [0.717, 1.165) is 89.6 Å². The SMILES string of the molecule is CCN(CC)c1ccc2c(c1)Oc1cc(N(CC)CC)ccc1C21c2cc(C(=O)NCc3ccc(COCCOCCCCCCCl)cc3)ccc2C(=O)N1S(=O)(=O)N(C)C. The van der Waals surface area contributed by atoms with E-state index < -0.39 is 21.7 Å². The molecule has 4 aromatic carbocycles. The number of ether oxygens (including phenoxy) is 3. The summed E-state index contributed by atoms with van der Waals surface area (Å²) in [6, 6.07) is 24.1. The van der Waals surface area contributed by atoms with Crippen LogP contribution in [0.3, 0.4) is 0 Å². The van der Waals surface area contributed by atoms with Gasteiger partial charge in [-0.25, -0.2) is 4.31 Å². The molecule has 328 valence electrons. The van der Waals surface area contributed by atoms with Crippen LogP contribution in [0.2, 0.25) is 0 Å². The normalized spacial score (nSPS) is 13.8. The lowest BCUT2D eigenvalue weighted by Gasteiger charge is -2.44. The molecule has 61 heavy (non-hydrogen) atoms. The molecule has 14 heteroatoms. The van der Waals surface area contributed by atoms with E-state index in [4.69, 9.17) is 25.8 Å². The molecule has 1 N–H and O–H groups in total. The van der Waals surface area contributed by atoms with Crippen molar-refractivity contribution in [1.82, 2.24) is 13.9 Å². The molecule has 0 fully saturated rings. The topological polar surface area (TPSA) is 121 Å². The van der Waals surface area contributed by atoms with Gasteiger partial charge in [0.2, 0.25) is 0 Å². The molecule has 0 saturated carbocycles. The van der Waals surface area contributed by atoms with Gasteiger partial charge in [0, 0.05) is 111 Å². The number of benzene rings is 4. The quantitative estimate of drug-likeness (QED) is 0.0615. The van der Waals surface area contributed by atoms with Crippen molar-refractivity contribution in [3.05, 3.63) is 118 Å². The first-order valence-electron chi connectivity index (χ1n) is 21.4. The average molecular weight is 875 g/mol. The van der Waals surface area contributed by atoms with Crippen LogP contribution in [0.15, 0.2) is 78.9 Å². The van der Waals surface area contributed by atoms with Crippen LogP contribution in [-0.4, -0.2) is 94.8 Å². The Morgan fingerprint density at radius 1 is 0.721 bits per heavy atom. The first-order chi connectivity index (χ1) is 29.4. The number of unbranched alkanes of at least 4 members (excludes halogenated alkanes) is 3. The summed E-state index contributed by atoms with van der Waals surface area (Å²) >= 11 is 5.73. The van der Waals surface area contributed by atoms with Crippen LogP contribution in [0.25, 0.3) is 0 Å². The Morgan fingerprint density at radius 3 is 1.87 bits per heavy atom. The maximum absolute atomic E-state index is 14.7. The number of halogens is 1. The van der Waals surface area contributed by atoms with E-state index in [1.165, 1.54) is 14.1 Å². The number of hydrogen-bond acceptors (Lipinski definition) is 9. The summed E-state index contributed by atoms with van der Waals surface area (Å²) in [5, 5.41) is 3.03. The summed E-state index contributed by atoms with van der Waals surface area (Å²) in [4.78, 5) is 33.0. The van der Waals surface area contributed by atoms with Gasteiger partial charge in [-0.05, 0) is 82.0 Å². The second-order valence-corrected chi connectivity index (χ2v) is 17.8. The molecular weight excluding hydrogens is 814 g/mol. The number of carbonyl (C=O) groups excluding carboxylic acids is 2. The Kier molecular flexibility index (Phi) is 15.4. The molecule has 4 aromatic rings. The van der Waals surface area contributed by atoms with Gasteiger partial charge in [-0.15, -0.1) is 11.6 Å². The van der Waals surface area contributed by atoms with Crippen LogP contribution in [0, 0.1) is 0 Å². The van der Waals surface area contributed by atoms with Crippen molar-refractivity contribution >= 4 is 45.0 Å². The summed E-state index contributed by atoms with van der Waals surface area (Å²) in [5.41, 5.74) is 3.80. The highest BCUT2D eigenvalue weighted by molar-refractivity contribution is 7.87. The Bertz CT molecular complexity index is 2200. The standard InChI is InChI=1S/C47H60ClN5O7S/c1-7-51(8-2)37-20-23-40-43(30-37)60-44-31-38(52(9-3)10-4)21-24-41(44)47(40)42-29-36(19-22-39(42)46(55)53(47)61(56,57)50(5)6)45(54)49-32-34-15-17-35(18-16-34)33-59-28-27-58-26-14-12-11-13-25-48/h15-24,29-31H,7-14,25-28,32-33H2,1-6H3,(H,49,54). The Balaban J connectivity index is 1.30. The minimum atomic E-state index is -4.44. The number of anilines is 2. The van der Waals surface area contributed by atoms with Crippen LogP contribution in [0.1, 0.15) is 102 Å². The van der Waals surface area contributed by atoms with Crippen LogP contribution >= 0.6 is 11.6 Å². The molecule has 0 radical (unpaired) electrons. The first kappa shape index (κ1) is 45.9. The molecule has 2 aliphatic heterocycles. The van der Waals surface area contributed by atoms with Gasteiger partial charge in [0.15, 0.2) is 0 Å². The highest BCUT2D eigenvalue weighted by atomic mass is 35.5. The number of amides is 2. The highest BCUT2D eigenvalue weighted by Gasteiger charge is 2.61. The monoisotopic (exact) mass is 873 g/mol. The molecule has 1 spiro atoms. The zero-order valence-electron chi connectivity index (χ0n) is 36.3. The van der Waals surface area contributed by atoms with E-state index >= 15 is 0 Å². The summed E-state index contributed by atoms with van der Waals surface area (Å²) < 4.78 is 49.4. The zero-order chi connectivity index (χ0) is 43.7.